The zero-order chi connectivity index (χ0) is 17.1. The third-order valence-corrected chi connectivity index (χ3v) is 3.65. The number of benzene rings is 1. The summed E-state index contributed by atoms with van der Waals surface area (Å²) in [5.41, 5.74) is 1.82. The number of carbonyl (C=O) groups is 2. The van der Waals surface area contributed by atoms with Crippen LogP contribution in [0.2, 0.25) is 0 Å². The zero-order valence-corrected chi connectivity index (χ0v) is 13.7. The van der Waals surface area contributed by atoms with Gasteiger partial charge in [-0.3, -0.25) is 14.6 Å². The minimum atomic E-state index is -0.226. The smallest absolute Gasteiger partial charge is 0.265 e. The van der Waals surface area contributed by atoms with E-state index in [4.69, 9.17) is 4.74 Å². The van der Waals surface area contributed by atoms with E-state index in [1.165, 1.54) is 0 Å². The van der Waals surface area contributed by atoms with Crippen LogP contribution in [0.5, 0.6) is 5.75 Å². The number of aromatic nitrogens is 1. The highest BCUT2D eigenvalue weighted by atomic mass is 16.5. The maximum Gasteiger partial charge on any atom is 0.265 e. The van der Waals surface area contributed by atoms with E-state index in [0.29, 0.717) is 35.2 Å². The quantitative estimate of drug-likeness (QED) is 0.938. The van der Waals surface area contributed by atoms with Crippen LogP contribution in [-0.4, -0.2) is 29.9 Å². The van der Waals surface area contributed by atoms with Gasteiger partial charge in [-0.05, 0) is 36.2 Å². The van der Waals surface area contributed by atoms with Crippen molar-refractivity contribution in [3.63, 3.8) is 0 Å². The monoisotopic (exact) mass is 325 g/mol. The Labute approximate surface area is 140 Å². The summed E-state index contributed by atoms with van der Waals surface area (Å²) in [6.07, 6.45) is 3.14. The Kier molecular flexibility index (Phi) is 4.46. The van der Waals surface area contributed by atoms with Crippen LogP contribution in [0.25, 0.3) is 0 Å². The summed E-state index contributed by atoms with van der Waals surface area (Å²) in [5.74, 6) is 0.678. The minimum Gasteiger partial charge on any atom is -0.482 e. The summed E-state index contributed by atoms with van der Waals surface area (Å²) in [5, 5.41) is 2.84. The summed E-state index contributed by atoms with van der Waals surface area (Å²) in [6.45, 7) is 4.76. The molecule has 0 saturated carbocycles. The fraction of sp³-hybridized carbons (Fsp3) is 0.278. The first kappa shape index (κ1) is 16.0. The lowest BCUT2D eigenvalue weighted by Crippen LogP contribution is -2.41. The Balaban J connectivity index is 1.85. The van der Waals surface area contributed by atoms with E-state index < -0.39 is 0 Å². The van der Waals surface area contributed by atoms with Crippen LogP contribution in [-0.2, 0) is 4.79 Å². The maximum absolute atomic E-state index is 12.3. The molecule has 0 unspecified atom stereocenters. The molecule has 124 valence electrons. The molecule has 1 N–H and O–H groups in total. The van der Waals surface area contributed by atoms with E-state index in [2.05, 4.69) is 24.1 Å². The summed E-state index contributed by atoms with van der Waals surface area (Å²) in [7, 11) is 0. The minimum absolute atomic E-state index is 0.0441. The SMILES string of the molecule is CC(C)CN1C(=O)COc2ccc(NC(=O)c3ccncc3)cc21. The van der Waals surface area contributed by atoms with E-state index in [1.54, 1.807) is 47.6 Å². The van der Waals surface area contributed by atoms with Gasteiger partial charge in [0.25, 0.3) is 11.8 Å². The van der Waals surface area contributed by atoms with Crippen LogP contribution in [0.1, 0.15) is 24.2 Å². The van der Waals surface area contributed by atoms with Crippen LogP contribution in [0, 0.1) is 5.92 Å². The van der Waals surface area contributed by atoms with Crippen LogP contribution in [0.3, 0.4) is 0 Å². The highest BCUT2D eigenvalue weighted by Gasteiger charge is 2.26. The first-order chi connectivity index (χ1) is 11.5. The number of nitrogens with zero attached hydrogens (tertiary/aromatic N) is 2. The summed E-state index contributed by atoms with van der Waals surface area (Å²) in [4.78, 5) is 30.0. The Morgan fingerprint density at radius 3 is 2.75 bits per heavy atom. The second kappa shape index (κ2) is 6.70. The van der Waals surface area contributed by atoms with Crippen LogP contribution < -0.4 is 15.0 Å². The van der Waals surface area contributed by atoms with Crippen molar-refractivity contribution in [2.24, 2.45) is 5.92 Å². The lowest BCUT2D eigenvalue weighted by atomic mass is 10.1. The van der Waals surface area contributed by atoms with Crippen molar-refractivity contribution in [2.45, 2.75) is 13.8 Å². The van der Waals surface area contributed by atoms with Crippen molar-refractivity contribution in [3.05, 3.63) is 48.3 Å². The first-order valence-corrected chi connectivity index (χ1v) is 7.83. The Morgan fingerprint density at radius 1 is 1.29 bits per heavy atom. The van der Waals surface area contributed by atoms with Gasteiger partial charge in [0.1, 0.15) is 5.75 Å². The van der Waals surface area contributed by atoms with E-state index in [0.717, 1.165) is 0 Å². The number of amides is 2. The fourth-order valence-corrected chi connectivity index (χ4v) is 2.55. The molecule has 2 aromatic rings. The van der Waals surface area contributed by atoms with Crippen LogP contribution >= 0.6 is 0 Å². The molecule has 0 radical (unpaired) electrons. The molecular weight excluding hydrogens is 306 g/mol. The molecule has 1 aliphatic rings. The van der Waals surface area contributed by atoms with Crippen molar-refractivity contribution < 1.29 is 14.3 Å². The molecule has 1 aliphatic heterocycles. The summed E-state index contributed by atoms with van der Waals surface area (Å²) in [6, 6.07) is 8.60. The molecule has 0 spiro atoms. The van der Waals surface area contributed by atoms with Crippen LogP contribution in [0.15, 0.2) is 42.7 Å². The number of hydrogen-bond donors (Lipinski definition) is 1. The Hall–Kier alpha value is -2.89. The van der Waals surface area contributed by atoms with Crippen molar-refractivity contribution in [2.75, 3.05) is 23.4 Å². The number of hydrogen-bond acceptors (Lipinski definition) is 4. The molecule has 2 heterocycles. The predicted octanol–water partition coefficient (Wildman–Crippen LogP) is 2.72. The van der Waals surface area contributed by atoms with E-state index in [9.17, 15) is 9.59 Å². The van der Waals surface area contributed by atoms with Gasteiger partial charge in [0.15, 0.2) is 6.61 Å². The molecule has 2 amide bonds. The molecule has 6 heteroatoms. The van der Waals surface area contributed by atoms with Gasteiger partial charge in [0.05, 0.1) is 5.69 Å². The molecule has 24 heavy (non-hydrogen) atoms. The van der Waals surface area contributed by atoms with Crippen molar-refractivity contribution in [1.82, 2.24) is 4.98 Å². The summed E-state index contributed by atoms with van der Waals surface area (Å²) < 4.78 is 5.48. The highest BCUT2D eigenvalue weighted by molar-refractivity contribution is 6.05. The number of pyridine rings is 1. The average molecular weight is 325 g/mol. The molecule has 0 aliphatic carbocycles. The molecule has 1 aromatic heterocycles. The van der Waals surface area contributed by atoms with Crippen molar-refractivity contribution >= 4 is 23.2 Å². The van der Waals surface area contributed by atoms with Gasteiger partial charge < -0.3 is 15.0 Å². The molecular formula is C18H19N3O3. The predicted molar refractivity (Wildman–Crippen MR) is 91.3 cm³/mol. The van der Waals surface area contributed by atoms with E-state index in [-0.39, 0.29) is 18.4 Å². The second-order valence-electron chi connectivity index (χ2n) is 6.06. The highest BCUT2D eigenvalue weighted by Crippen LogP contribution is 2.35. The molecule has 6 nitrogen and oxygen atoms in total. The van der Waals surface area contributed by atoms with Crippen LogP contribution in [0.4, 0.5) is 11.4 Å². The molecule has 0 atom stereocenters. The number of fused-ring (bicyclic) bond motifs is 1. The average Bonchev–Trinajstić information content (AvgIpc) is 2.58. The Morgan fingerprint density at radius 2 is 2.04 bits per heavy atom. The van der Waals surface area contributed by atoms with Gasteiger partial charge in [-0.15, -0.1) is 0 Å². The fourth-order valence-electron chi connectivity index (χ4n) is 2.55. The third kappa shape index (κ3) is 3.37. The number of ether oxygens (including phenoxy) is 1. The van der Waals surface area contributed by atoms with Crippen molar-refractivity contribution in [3.8, 4) is 5.75 Å². The Bertz CT molecular complexity index is 759. The number of carbonyl (C=O) groups excluding carboxylic acids is 2. The molecule has 1 aromatic carbocycles. The topological polar surface area (TPSA) is 71.5 Å². The lowest BCUT2D eigenvalue weighted by molar-refractivity contribution is -0.121. The normalized spacial score (nSPS) is 13.5. The molecule has 0 fully saturated rings. The van der Waals surface area contributed by atoms with Gasteiger partial charge in [0.2, 0.25) is 0 Å². The van der Waals surface area contributed by atoms with E-state index in [1.807, 2.05) is 0 Å². The van der Waals surface area contributed by atoms with Gasteiger partial charge in [0, 0.05) is 30.2 Å². The van der Waals surface area contributed by atoms with Gasteiger partial charge in [-0.25, -0.2) is 0 Å². The third-order valence-electron chi connectivity index (χ3n) is 3.65. The number of rotatable bonds is 4. The summed E-state index contributed by atoms with van der Waals surface area (Å²) >= 11 is 0. The van der Waals surface area contributed by atoms with Gasteiger partial charge in [-0.1, -0.05) is 13.8 Å². The maximum atomic E-state index is 12.3. The molecule has 0 saturated heterocycles. The number of anilines is 2. The first-order valence-electron chi connectivity index (χ1n) is 7.83. The molecule has 3 rings (SSSR count). The van der Waals surface area contributed by atoms with E-state index >= 15 is 0 Å². The van der Waals surface area contributed by atoms with Gasteiger partial charge in [-0.2, -0.15) is 0 Å². The van der Waals surface area contributed by atoms with Crippen molar-refractivity contribution in [1.29, 1.82) is 0 Å². The molecule has 0 bridgehead atoms. The number of nitrogens with one attached hydrogen (secondary N) is 1. The lowest BCUT2D eigenvalue weighted by Gasteiger charge is -2.31. The largest absolute Gasteiger partial charge is 0.482 e. The zero-order valence-electron chi connectivity index (χ0n) is 13.7. The standard InChI is InChI=1S/C18H19N3O3/c1-12(2)10-21-15-9-14(3-4-16(15)24-11-17(21)22)20-18(23)13-5-7-19-8-6-13/h3-9,12H,10-11H2,1-2H3,(H,20,23). The van der Waals surface area contributed by atoms with Gasteiger partial charge >= 0.3 is 0 Å². The second-order valence-corrected chi connectivity index (χ2v) is 6.06.